The van der Waals surface area contributed by atoms with E-state index in [-0.39, 0.29) is 5.69 Å². The van der Waals surface area contributed by atoms with Gasteiger partial charge < -0.3 is 9.84 Å². The highest BCUT2D eigenvalue weighted by molar-refractivity contribution is 5.75. The number of methoxy groups -OCH3 is 1. The summed E-state index contributed by atoms with van der Waals surface area (Å²) < 4.78 is 4.31. The topological polar surface area (TPSA) is 77.2 Å². The number of hydrogen-bond acceptors (Lipinski definition) is 5. The molecule has 1 aromatic rings. The van der Waals surface area contributed by atoms with Crippen LogP contribution in [0.2, 0.25) is 0 Å². The second-order valence-corrected chi connectivity index (χ2v) is 2.18. The van der Waals surface area contributed by atoms with Crippen molar-refractivity contribution in [2.45, 2.75) is 6.10 Å². The fourth-order valence-corrected chi connectivity index (χ4v) is 0.719. The van der Waals surface area contributed by atoms with E-state index in [0.29, 0.717) is 0 Å². The lowest BCUT2D eigenvalue weighted by Crippen LogP contribution is -2.14. The molecule has 12 heavy (non-hydrogen) atoms. The Kier molecular flexibility index (Phi) is 2.39. The van der Waals surface area contributed by atoms with Crippen LogP contribution in [0.15, 0.2) is 6.20 Å². The molecular formula is C6H9N3O3. The fourth-order valence-electron chi connectivity index (χ4n) is 0.719. The summed E-state index contributed by atoms with van der Waals surface area (Å²) in [6, 6.07) is 0. The highest BCUT2D eigenvalue weighted by Gasteiger charge is 2.20. The summed E-state index contributed by atoms with van der Waals surface area (Å²) in [5, 5.41) is 16.6. The molecule has 0 fully saturated rings. The first-order valence-corrected chi connectivity index (χ1v) is 3.27. The zero-order chi connectivity index (χ0) is 9.14. The second-order valence-electron chi connectivity index (χ2n) is 2.18. The number of ether oxygens (including phenoxy) is 1. The van der Waals surface area contributed by atoms with E-state index in [1.165, 1.54) is 18.1 Å². The smallest absolute Gasteiger partial charge is 0.341 e. The number of carbonyl (C=O) groups is 1. The minimum absolute atomic E-state index is 0.185. The number of nitrogens with zero attached hydrogens (tertiary/aromatic N) is 3. The lowest BCUT2D eigenvalue weighted by molar-refractivity contribution is -0.150. The van der Waals surface area contributed by atoms with Gasteiger partial charge in [-0.25, -0.2) is 4.79 Å². The van der Waals surface area contributed by atoms with Crippen LogP contribution in [-0.2, 0) is 16.6 Å². The third-order valence-electron chi connectivity index (χ3n) is 1.32. The molecule has 6 heteroatoms. The summed E-state index contributed by atoms with van der Waals surface area (Å²) in [4.78, 5) is 12.0. The number of esters is 1. The molecule has 0 aromatic carbocycles. The van der Waals surface area contributed by atoms with Crippen LogP contribution in [0.25, 0.3) is 0 Å². The molecule has 66 valence electrons. The van der Waals surface area contributed by atoms with Crippen LogP contribution in [0.4, 0.5) is 0 Å². The van der Waals surface area contributed by atoms with Crippen molar-refractivity contribution in [1.82, 2.24) is 15.0 Å². The van der Waals surface area contributed by atoms with Crippen LogP contribution in [0.1, 0.15) is 11.8 Å². The molecule has 1 N–H and O–H groups in total. The number of hydrogen-bond donors (Lipinski definition) is 1. The average molecular weight is 171 g/mol. The Bertz CT molecular complexity index is 283. The normalized spacial score (nSPS) is 12.6. The molecule has 0 aliphatic rings. The summed E-state index contributed by atoms with van der Waals surface area (Å²) >= 11 is 0. The predicted octanol–water partition coefficient (Wildman–Crippen LogP) is -0.979. The third-order valence-corrected chi connectivity index (χ3v) is 1.32. The van der Waals surface area contributed by atoms with Crippen molar-refractivity contribution in [3.05, 3.63) is 11.9 Å². The number of aliphatic hydroxyl groups excluding tert-OH is 1. The lowest BCUT2D eigenvalue weighted by atomic mass is 10.3. The van der Waals surface area contributed by atoms with Crippen molar-refractivity contribution in [1.29, 1.82) is 0 Å². The number of carbonyl (C=O) groups excluding carboxylic acids is 1. The van der Waals surface area contributed by atoms with Crippen molar-refractivity contribution >= 4 is 5.97 Å². The quantitative estimate of drug-likeness (QED) is 0.579. The van der Waals surface area contributed by atoms with E-state index in [1.807, 2.05) is 0 Å². The van der Waals surface area contributed by atoms with Gasteiger partial charge in [-0.2, -0.15) is 15.0 Å². The molecule has 0 aliphatic heterocycles. The maximum atomic E-state index is 10.8. The van der Waals surface area contributed by atoms with Crippen LogP contribution in [-0.4, -0.2) is 33.2 Å². The third kappa shape index (κ3) is 1.59. The zero-order valence-corrected chi connectivity index (χ0v) is 6.76. The number of aryl methyl sites for hydroxylation is 1. The van der Waals surface area contributed by atoms with Crippen LogP contribution >= 0.6 is 0 Å². The Morgan fingerprint density at radius 3 is 2.92 bits per heavy atom. The highest BCUT2D eigenvalue weighted by atomic mass is 16.5. The lowest BCUT2D eigenvalue weighted by Gasteiger charge is -2.02. The Labute approximate surface area is 68.8 Å². The van der Waals surface area contributed by atoms with Crippen molar-refractivity contribution < 1.29 is 14.6 Å². The molecule has 0 saturated carbocycles. The monoisotopic (exact) mass is 171 g/mol. The molecule has 1 atom stereocenters. The van der Waals surface area contributed by atoms with Gasteiger partial charge in [0.25, 0.3) is 0 Å². The van der Waals surface area contributed by atoms with Crippen LogP contribution < -0.4 is 0 Å². The van der Waals surface area contributed by atoms with Gasteiger partial charge in [-0.15, -0.1) is 0 Å². The van der Waals surface area contributed by atoms with E-state index in [2.05, 4.69) is 14.9 Å². The summed E-state index contributed by atoms with van der Waals surface area (Å²) in [6.07, 6.45) is -0.0367. The molecule has 1 heterocycles. The van der Waals surface area contributed by atoms with Gasteiger partial charge in [-0.05, 0) is 0 Å². The maximum Gasteiger partial charge on any atom is 0.341 e. The van der Waals surface area contributed by atoms with Crippen molar-refractivity contribution in [3.8, 4) is 0 Å². The summed E-state index contributed by atoms with van der Waals surface area (Å²) in [5.74, 6) is -0.740. The summed E-state index contributed by atoms with van der Waals surface area (Å²) in [5.41, 5.74) is 0.185. The van der Waals surface area contributed by atoms with Gasteiger partial charge in [0.05, 0.1) is 13.3 Å². The first kappa shape index (κ1) is 8.66. The van der Waals surface area contributed by atoms with Gasteiger partial charge >= 0.3 is 5.97 Å². The molecule has 6 nitrogen and oxygen atoms in total. The zero-order valence-electron chi connectivity index (χ0n) is 6.76. The minimum atomic E-state index is -1.34. The SMILES string of the molecule is COC(=O)C(O)c1cnn(C)n1. The predicted molar refractivity (Wildman–Crippen MR) is 38.0 cm³/mol. The van der Waals surface area contributed by atoms with Crippen LogP contribution in [0.3, 0.4) is 0 Å². The molecule has 0 saturated heterocycles. The van der Waals surface area contributed by atoms with Gasteiger partial charge in [-0.1, -0.05) is 0 Å². The Morgan fingerprint density at radius 1 is 1.83 bits per heavy atom. The largest absolute Gasteiger partial charge is 0.467 e. The number of aromatic nitrogens is 3. The maximum absolute atomic E-state index is 10.8. The van der Waals surface area contributed by atoms with E-state index in [4.69, 9.17) is 0 Å². The van der Waals surface area contributed by atoms with Crippen molar-refractivity contribution in [2.75, 3.05) is 7.11 Å². The fraction of sp³-hybridized carbons (Fsp3) is 0.500. The summed E-state index contributed by atoms with van der Waals surface area (Å²) in [6.45, 7) is 0. The van der Waals surface area contributed by atoms with Gasteiger partial charge in [-0.3, -0.25) is 0 Å². The Morgan fingerprint density at radius 2 is 2.50 bits per heavy atom. The summed E-state index contributed by atoms with van der Waals surface area (Å²) in [7, 11) is 2.79. The molecule has 1 rings (SSSR count). The van der Waals surface area contributed by atoms with E-state index < -0.39 is 12.1 Å². The average Bonchev–Trinajstić information content (AvgIpc) is 2.49. The Hall–Kier alpha value is -1.43. The van der Waals surface area contributed by atoms with Gasteiger partial charge in [0, 0.05) is 7.05 Å². The molecular weight excluding hydrogens is 162 g/mol. The molecule has 0 amide bonds. The van der Waals surface area contributed by atoms with E-state index in [0.717, 1.165) is 0 Å². The number of rotatable bonds is 2. The highest BCUT2D eigenvalue weighted by Crippen LogP contribution is 2.08. The van der Waals surface area contributed by atoms with E-state index in [9.17, 15) is 9.90 Å². The van der Waals surface area contributed by atoms with Crippen molar-refractivity contribution in [2.24, 2.45) is 7.05 Å². The standard InChI is InChI=1S/C6H9N3O3/c1-9-7-3-4(8-9)5(10)6(11)12-2/h3,5,10H,1-2H3. The molecule has 1 unspecified atom stereocenters. The van der Waals surface area contributed by atoms with Crippen LogP contribution in [0, 0.1) is 0 Å². The molecule has 0 radical (unpaired) electrons. The van der Waals surface area contributed by atoms with Gasteiger partial charge in [0.15, 0.2) is 6.10 Å². The van der Waals surface area contributed by atoms with E-state index in [1.54, 1.807) is 7.05 Å². The molecule has 0 bridgehead atoms. The molecule has 0 spiro atoms. The Balaban J connectivity index is 2.77. The number of aliphatic hydroxyl groups is 1. The van der Waals surface area contributed by atoms with Gasteiger partial charge in [0.2, 0.25) is 0 Å². The van der Waals surface area contributed by atoms with Crippen molar-refractivity contribution in [3.63, 3.8) is 0 Å². The molecule has 0 aliphatic carbocycles. The second kappa shape index (κ2) is 3.31. The van der Waals surface area contributed by atoms with Gasteiger partial charge in [0.1, 0.15) is 5.69 Å². The van der Waals surface area contributed by atoms with E-state index >= 15 is 0 Å². The minimum Gasteiger partial charge on any atom is -0.467 e. The first-order valence-electron chi connectivity index (χ1n) is 3.27. The molecule has 1 aromatic heterocycles. The first-order chi connectivity index (χ1) is 5.65. The van der Waals surface area contributed by atoms with Crippen LogP contribution in [0.5, 0.6) is 0 Å².